The summed E-state index contributed by atoms with van der Waals surface area (Å²) < 4.78 is 1.58. The summed E-state index contributed by atoms with van der Waals surface area (Å²) in [5.41, 5.74) is 0.838. The summed E-state index contributed by atoms with van der Waals surface area (Å²) in [6.45, 7) is 0. The minimum Gasteiger partial charge on any atom is -0.481 e. The van der Waals surface area contributed by atoms with Crippen molar-refractivity contribution in [1.82, 2.24) is 20.2 Å². The molecule has 1 saturated carbocycles. The average Bonchev–Trinajstić information content (AvgIpc) is 3.19. The van der Waals surface area contributed by atoms with E-state index in [0.29, 0.717) is 11.9 Å². The topological polar surface area (TPSA) is 92.9 Å². The number of carboxylic acid groups (broad SMARTS) is 1. The summed E-state index contributed by atoms with van der Waals surface area (Å²) in [6, 6.07) is 9.38. The lowest BCUT2D eigenvalue weighted by atomic mass is 10.1. The van der Waals surface area contributed by atoms with Gasteiger partial charge in [0.2, 0.25) is 5.95 Å². The van der Waals surface area contributed by atoms with Crippen molar-refractivity contribution in [3.63, 3.8) is 0 Å². The minimum atomic E-state index is -0.812. The van der Waals surface area contributed by atoms with E-state index < -0.39 is 5.97 Å². The lowest BCUT2D eigenvalue weighted by Crippen LogP contribution is -2.27. The van der Waals surface area contributed by atoms with Crippen molar-refractivity contribution in [2.75, 3.05) is 5.32 Å². The number of hydrogen-bond donors (Lipinski definition) is 2. The van der Waals surface area contributed by atoms with Crippen molar-refractivity contribution in [2.45, 2.75) is 25.3 Å². The number of carboxylic acids is 1. The van der Waals surface area contributed by atoms with Gasteiger partial charge in [-0.3, -0.25) is 4.79 Å². The third kappa shape index (κ3) is 2.76. The van der Waals surface area contributed by atoms with E-state index in [1.165, 1.54) is 0 Å². The fourth-order valence-corrected chi connectivity index (χ4v) is 2.21. The molecule has 0 amide bonds. The molecule has 0 bridgehead atoms. The SMILES string of the molecule is O=C(O)CC(Nc1nnnn1-c1ccccc1)C1CC1. The second-order valence-corrected chi connectivity index (χ2v) is 4.94. The lowest BCUT2D eigenvalue weighted by molar-refractivity contribution is -0.137. The second kappa shape index (κ2) is 5.28. The molecule has 1 atom stereocenters. The van der Waals surface area contributed by atoms with E-state index in [9.17, 15) is 4.79 Å². The first kappa shape index (κ1) is 12.6. The molecule has 1 aliphatic rings. The maximum atomic E-state index is 10.9. The van der Waals surface area contributed by atoms with Gasteiger partial charge in [0.1, 0.15) is 0 Å². The van der Waals surface area contributed by atoms with E-state index >= 15 is 0 Å². The Morgan fingerprint density at radius 1 is 1.40 bits per heavy atom. The number of aliphatic carboxylic acids is 1. The van der Waals surface area contributed by atoms with E-state index in [0.717, 1.165) is 18.5 Å². The summed E-state index contributed by atoms with van der Waals surface area (Å²) in [4.78, 5) is 10.9. The van der Waals surface area contributed by atoms with Crippen LogP contribution < -0.4 is 5.32 Å². The van der Waals surface area contributed by atoms with Crippen LogP contribution in [0.1, 0.15) is 19.3 Å². The third-order valence-electron chi connectivity index (χ3n) is 3.37. The Bertz CT molecular complexity index is 594. The molecule has 0 radical (unpaired) electrons. The molecule has 0 saturated heterocycles. The monoisotopic (exact) mass is 273 g/mol. The second-order valence-electron chi connectivity index (χ2n) is 4.94. The van der Waals surface area contributed by atoms with Crippen LogP contribution in [-0.2, 0) is 4.79 Å². The predicted octanol–water partition coefficient (Wildman–Crippen LogP) is 1.33. The Morgan fingerprint density at radius 3 is 2.80 bits per heavy atom. The van der Waals surface area contributed by atoms with Crippen LogP contribution >= 0.6 is 0 Å². The van der Waals surface area contributed by atoms with Gasteiger partial charge in [0.15, 0.2) is 0 Å². The highest BCUT2D eigenvalue weighted by Crippen LogP contribution is 2.35. The molecular formula is C13H15N5O2. The van der Waals surface area contributed by atoms with Gasteiger partial charge < -0.3 is 10.4 Å². The first-order valence-electron chi connectivity index (χ1n) is 6.56. The lowest BCUT2D eigenvalue weighted by Gasteiger charge is -2.16. The molecule has 1 heterocycles. The van der Waals surface area contributed by atoms with Crippen LogP contribution in [-0.4, -0.2) is 37.3 Å². The molecule has 1 aromatic carbocycles. The zero-order valence-electron chi connectivity index (χ0n) is 10.8. The number of benzene rings is 1. The summed E-state index contributed by atoms with van der Waals surface area (Å²) in [5, 5.41) is 23.7. The minimum absolute atomic E-state index is 0.0757. The number of hydrogen-bond acceptors (Lipinski definition) is 5. The third-order valence-corrected chi connectivity index (χ3v) is 3.37. The molecule has 1 aliphatic carbocycles. The van der Waals surface area contributed by atoms with Gasteiger partial charge in [0, 0.05) is 6.04 Å². The van der Waals surface area contributed by atoms with Crippen LogP contribution in [0.3, 0.4) is 0 Å². The Hall–Kier alpha value is -2.44. The van der Waals surface area contributed by atoms with Gasteiger partial charge in [0.05, 0.1) is 12.1 Å². The zero-order valence-corrected chi connectivity index (χ0v) is 10.8. The maximum Gasteiger partial charge on any atom is 0.305 e. The summed E-state index contributed by atoms with van der Waals surface area (Å²) in [5.74, 6) is 0.0644. The smallest absolute Gasteiger partial charge is 0.305 e. The van der Waals surface area contributed by atoms with Gasteiger partial charge in [-0.1, -0.05) is 23.3 Å². The molecule has 1 fully saturated rings. The van der Waals surface area contributed by atoms with Crippen molar-refractivity contribution in [3.8, 4) is 5.69 Å². The van der Waals surface area contributed by atoms with Crippen molar-refractivity contribution in [1.29, 1.82) is 0 Å². The Balaban J connectivity index is 1.80. The van der Waals surface area contributed by atoms with Gasteiger partial charge in [0.25, 0.3) is 0 Å². The highest BCUT2D eigenvalue weighted by molar-refractivity contribution is 5.68. The van der Waals surface area contributed by atoms with Crippen molar-refractivity contribution < 1.29 is 9.90 Å². The summed E-state index contributed by atoms with van der Waals surface area (Å²) in [6.07, 6.45) is 2.18. The van der Waals surface area contributed by atoms with E-state index in [-0.39, 0.29) is 12.5 Å². The van der Waals surface area contributed by atoms with Gasteiger partial charge in [-0.25, -0.2) is 0 Å². The molecule has 1 aromatic heterocycles. The number of para-hydroxylation sites is 1. The molecule has 20 heavy (non-hydrogen) atoms. The molecule has 0 aliphatic heterocycles. The van der Waals surface area contributed by atoms with E-state index in [1.807, 2.05) is 30.3 Å². The van der Waals surface area contributed by atoms with Gasteiger partial charge >= 0.3 is 5.97 Å². The number of carbonyl (C=O) groups is 1. The zero-order chi connectivity index (χ0) is 13.9. The molecule has 104 valence electrons. The first-order valence-corrected chi connectivity index (χ1v) is 6.56. The summed E-state index contributed by atoms with van der Waals surface area (Å²) >= 11 is 0. The number of nitrogens with one attached hydrogen (secondary N) is 1. The predicted molar refractivity (Wildman–Crippen MR) is 71.5 cm³/mol. The summed E-state index contributed by atoms with van der Waals surface area (Å²) in [7, 11) is 0. The first-order chi connectivity index (χ1) is 9.74. The Morgan fingerprint density at radius 2 is 2.15 bits per heavy atom. The van der Waals surface area contributed by atoms with Gasteiger partial charge in [-0.15, -0.1) is 0 Å². The number of aromatic nitrogens is 4. The Kier molecular flexibility index (Phi) is 3.32. The Labute approximate surface area is 115 Å². The maximum absolute atomic E-state index is 10.9. The van der Waals surface area contributed by atoms with Gasteiger partial charge in [-0.2, -0.15) is 4.68 Å². The van der Waals surface area contributed by atoms with E-state index in [4.69, 9.17) is 5.11 Å². The number of rotatable bonds is 6. The average molecular weight is 273 g/mol. The van der Waals surface area contributed by atoms with E-state index in [1.54, 1.807) is 4.68 Å². The largest absolute Gasteiger partial charge is 0.481 e. The van der Waals surface area contributed by atoms with Crippen LogP contribution in [0.2, 0.25) is 0 Å². The van der Waals surface area contributed by atoms with Crippen LogP contribution in [0.25, 0.3) is 5.69 Å². The van der Waals surface area contributed by atoms with Crippen LogP contribution in [0, 0.1) is 5.92 Å². The molecular weight excluding hydrogens is 258 g/mol. The molecule has 0 spiro atoms. The fraction of sp³-hybridized carbons (Fsp3) is 0.385. The van der Waals surface area contributed by atoms with Crippen LogP contribution in [0.5, 0.6) is 0 Å². The molecule has 7 heteroatoms. The molecule has 2 N–H and O–H groups in total. The normalized spacial score (nSPS) is 15.8. The molecule has 7 nitrogen and oxygen atoms in total. The van der Waals surface area contributed by atoms with Crippen LogP contribution in [0.15, 0.2) is 30.3 Å². The molecule has 2 aromatic rings. The highest BCUT2D eigenvalue weighted by Gasteiger charge is 2.33. The number of anilines is 1. The molecule has 1 unspecified atom stereocenters. The van der Waals surface area contributed by atoms with E-state index in [2.05, 4.69) is 20.8 Å². The number of tetrazole rings is 1. The van der Waals surface area contributed by atoms with Crippen molar-refractivity contribution >= 4 is 11.9 Å². The standard InChI is InChI=1S/C13H15N5O2/c19-12(20)8-11(9-6-7-9)14-13-15-16-17-18(13)10-4-2-1-3-5-10/h1-5,9,11H,6-8H2,(H,19,20)(H,14,15,17). The number of nitrogens with zero attached hydrogens (tertiary/aromatic N) is 4. The highest BCUT2D eigenvalue weighted by atomic mass is 16.4. The van der Waals surface area contributed by atoms with Crippen molar-refractivity contribution in [3.05, 3.63) is 30.3 Å². The van der Waals surface area contributed by atoms with Crippen molar-refractivity contribution in [2.24, 2.45) is 5.92 Å². The van der Waals surface area contributed by atoms with Gasteiger partial charge in [-0.05, 0) is 41.3 Å². The fourth-order valence-electron chi connectivity index (χ4n) is 2.21. The molecule has 3 rings (SSSR count). The van der Waals surface area contributed by atoms with Crippen LogP contribution in [0.4, 0.5) is 5.95 Å². The quantitative estimate of drug-likeness (QED) is 0.824.